The number of ether oxygens (including phenoxy) is 1. The number of piperidine rings is 1. The molecule has 0 unspecified atom stereocenters. The highest BCUT2D eigenvalue weighted by Gasteiger charge is 2.50. The highest BCUT2D eigenvalue weighted by atomic mass is 16.5. The Morgan fingerprint density at radius 3 is 2.57 bits per heavy atom. The Kier molecular flexibility index (Phi) is 4.94. The third-order valence-electron chi connectivity index (χ3n) is 5.84. The first-order valence-corrected chi connectivity index (χ1v) is 9.64. The van der Waals surface area contributed by atoms with Crippen molar-refractivity contribution in [2.45, 2.75) is 24.8 Å². The smallest absolute Gasteiger partial charge is 0.247 e. The molecule has 146 valence electrons. The number of carbonyl (C=O) groups is 2. The van der Waals surface area contributed by atoms with E-state index in [4.69, 9.17) is 4.74 Å². The van der Waals surface area contributed by atoms with E-state index in [1.807, 2.05) is 59.5 Å². The molecule has 0 radical (unpaired) electrons. The molecule has 0 atom stereocenters. The first-order valence-electron chi connectivity index (χ1n) is 9.64. The standard InChI is InChI=1S/C22H25N3O3/c1-28-19-9-5-6-17(14-19)15-20(26)24-12-10-22(11-13-24)21(27)23-16-25(22)18-7-3-2-4-8-18/h2-9,14H,10-13,15-16H2,1H3,(H,23,27). The fraction of sp³-hybridized carbons (Fsp3) is 0.364. The third-order valence-corrected chi connectivity index (χ3v) is 5.84. The summed E-state index contributed by atoms with van der Waals surface area (Å²) in [5, 5.41) is 2.99. The van der Waals surface area contributed by atoms with E-state index in [-0.39, 0.29) is 11.8 Å². The van der Waals surface area contributed by atoms with Crippen molar-refractivity contribution in [3.05, 3.63) is 60.2 Å². The number of benzene rings is 2. The Morgan fingerprint density at radius 1 is 1.11 bits per heavy atom. The molecule has 1 spiro atoms. The van der Waals surface area contributed by atoms with Gasteiger partial charge >= 0.3 is 0 Å². The van der Waals surface area contributed by atoms with Gasteiger partial charge in [0.1, 0.15) is 11.3 Å². The largest absolute Gasteiger partial charge is 0.497 e. The molecule has 0 aromatic heterocycles. The van der Waals surface area contributed by atoms with Crippen LogP contribution >= 0.6 is 0 Å². The first-order chi connectivity index (χ1) is 13.6. The molecule has 1 N–H and O–H groups in total. The van der Waals surface area contributed by atoms with Gasteiger partial charge in [0, 0.05) is 18.8 Å². The van der Waals surface area contributed by atoms with E-state index in [0.717, 1.165) is 17.0 Å². The van der Waals surface area contributed by atoms with E-state index in [0.29, 0.717) is 39.0 Å². The lowest BCUT2D eigenvalue weighted by atomic mass is 9.85. The van der Waals surface area contributed by atoms with Gasteiger partial charge in [-0.25, -0.2) is 0 Å². The first kappa shape index (κ1) is 18.3. The topological polar surface area (TPSA) is 61.9 Å². The maximum Gasteiger partial charge on any atom is 0.247 e. The average molecular weight is 379 g/mol. The SMILES string of the molecule is COc1cccc(CC(=O)N2CCC3(CC2)C(=O)NCN3c2ccccc2)c1. The maximum atomic E-state index is 12.8. The van der Waals surface area contributed by atoms with Crippen LogP contribution in [0.15, 0.2) is 54.6 Å². The van der Waals surface area contributed by atoms with Gasteiger partial charge in [0.2, 0.25) is 11.8 Å². The molecule has 2 heterocycles. The zero-order chi connectivity index (χ0) is 19.6. The van der Waals surface area contributed by atoms with Crippen molar-refractivity contribution < 1.29 is 14.3 Å². The Labute approximate surface area is 165 Å². The number of nitrogens with zero attached hydrogens (tertiary/aromatic N) is 2. The van der Waals surface area contributed by atoms with E-state index >= 15 is 0 Å². The van der Waals surface area contributed by atoms with Crippen LogP contribution in [0.2, 0.25) is 0 Å². The fourth-order valence-electron chi connectivity index (χ4n) is 4.23. The summed E-state index contributed by atoms with van der Waals surface area (Å²) >= 11 is 0. The van der Waals surface area contributed by atoms with Crippen LogP contribution in [0.5, 0.6) is 5.75 Å². The number of nitrogens with one attached hydrogen (secondary N) is 1. The molecule has 2 aromatic carbocycles. The van der Waals surface area contributed by atoms with Crippen LogP contribution in [-0.4, -0.2) is 49.1 Å². The monoisotopic (exact) mass is 379 g/mol. The number of anilines is 1. The summed E-state index contributed by atoms with van der Waals surface area (Å²) in [6, 6.07) is 17.6. The summed E-state index contributed by atoms with van der Waals surface area (Å²) in [6.07, 6.45) is 1.62. The minimum absolute atomic E-state index is 0.0660. The second kappa shape index (κ2) is 7.54. The number of hydrogen-bond acceptors (Lipinski definition) is 4. The lowest BCUT2D eigenvalue weighted by Gasteiger charge is -2.43. The second-order valence-corrected chi connectivity index (χ2v) is 7.37. The minimum Gasteiger partial charge on any atom is -0.497 e. The second-order valence-electron chi connectivity index (χ2n) is 7.37. The normalized spacial score (nSPS) is 18.2. The lowest BCUT2D eigenvalue weighted by molar-refractivity contribution is -0.134. The van der Waals surface area contributed by atoms with Crippen molar-refractivity contribution in [3.8, 4) is 5.75 Å². The van der Waals surface area contributed by atoms with Crippen molar-refractivity contribution in [2.75, 3.05) is 31.8 Å². The molecule has 2 saturated heterocycles. The van der Waals surface area contributed by atoms with Crippen LogP contribution in [0, 0.1) is 0 Å². The van der Waals surface area contributed by atoms with Crippen molar-refractivity contribution in [3.63, 3.8) is 0 Å². The van der Waals surface area contributed by atoms with Crippen LogP contribution in [0.3, 0.4) is 0 Å². The van der Waals surface area contributed by atoms with Crippen molar-refractivity contribution in [1.29, 1.82) is 0 Å². The predicted molar refractivity (Wildman–Crippen MR) is 107 cm³/mol. The van der Waals surface area contributed by atoms with Crippen LogP contribution < -0.4 is 15.0 Å². The minimum atomic E-state index is -0.561. The van der Waals surface area contributed by atoms with Gasteiger partial charge in [0.15, 0.2) is 0 Å². The Morgan fingerprint density at radius 2 is 1.86 bits per heavy atom. The molecule has 6 nitrogen and oxygen atoms in total. The molecule has 28 heavy (non-hydrogen) atoms. The molecular weight excluding hydrogens is 354 g/mol. The van der Waals surface area contributed by atoms with Gasteiger partial charge in [-0.15, -0.1) is 0 Å². The van der Waals surface area contributed by atoms with E-state index in [9.17, 15) is 9.59 Å². The molecule has 2 aromatic rings. The van der Waals surface area contributed by atoms with Gasteiger partial charge in [-0.05, 0) is 42.7 Å². The number of methoxy groups -OCH3 is 1. The highest BCUT2D eigenvalue weighted by molar-refractivity contribution is 5.93. The van der Waals surface area contributed by atoms with Gasteiger partial charge in [-0.1, -0.05) is 30.3 Å². The Bertz CT molecular complexity index is 860. The summed E-state index contributed by atoms with van der Waals surface area (Å²) in [5.74, 6) is 0.910. The molecule has 6 heteroatoms. The quantitative estimate of drug-likeness (QED) is 0.885. The Hall–Kier alpha value is -3.02. The molecular formula is C22H25N3O3. The molecule has 2 aliphatic heterocycles. The maximum absolute atomic E-state index is 12.8. The fourth-order valence-corrected chi connectivity index (χ4v) is 4.23. The summed E-state index contributed by atoms with van der Waals surface area (Å²) in [7, 11) is 1.62. The van der Waals surface area contributed by atoms with Crippen molar-refractivity contribution in [1.82, 2.24) is 10.2 Å². The molecule has 2 aliphatic rings. The number of para-hydroxylation sites is 1. The van der Waals surface area contributed by atoms with Crippen LogP contribution in [-0.2, 0) is 16.0 Å². The van der Waals surface area contributed by atoms with Gasteiger partial charge in [-0.2, -0.15) is 0 Å². The molecule has 0 aliphatic carbocycles. The van der Waals surface area contributed by atoms with E-state index < -0.39 is 5.54 Å². The number of rotatable bonds is 4. The van der Waals surface area contributed by atoms with E-state index in [1.54, 1.807) is 7.11 Å². The van der Waals surface area contributed by atoms with Crippen LogP contribution in [0.25, 0.3) is 0 Å². The lowest BCUT2D eigenvalue weighted by Crippen LogP contribution is -2.57. The predicted octanol–water partition coefficient (Wildman–Crippen LogP) is 2.19. The third kappa shape index (κ3) is 3.30. The molecule has 2 amide bonds. The van der Waals surface area contributed by atoms with Gasteiger partial charge in [0.05, 0.1) is 20.2 Å². The molecule has 4 rings (SSSR count). The van der Waals surface area contributed by atoms with Gasteiger partial charge in [-0.3, -0.25) is 9.59 Å². The number of likely N-dealkylation sites (tertiary alicyclic amines) is 1. The number of hydrogen-bond donors (Lipinski definition) is 1. The van der Waals surface area contributed by atoms with Gasteiger partial charge < -0.3 is 19.9 Å². The number of amides is 2. The van der Waals surface area contributed by atoms with Crippen molar-refractivity contribution >= 4 is 17.5 Å². The van der Waals surface area contributed by atoms with Crippen molar-refractivity contribution in [2.24, 2.45) is 0 Å². The zero-order valence-corrected chi connectivity index (χ0v) is 16.1. The van der Waals surface area contributed by atoms with Crippen LogP contribution in [0.1, 0.15) is 18.4 Å². The van der Waals surface area contributed by atoms with E-state index in [1.165, 1.54) is 0 Å². The molecule has 0 bridgehead atoms. The number of carbonyl (C=O) groups excluding carboxylic acids is 2. The summed E-state index contributed by atoms with van der Waals surface area (Å²) < 4.78 is 5.24. The molecule has 0 saturated carbocycles. The summed E-state index contributed by atoms with van der Waals surface area (Å²) in [4.78, 5) is 29.5. The van der Waals surface area contributed by atoms with Crippen LogP contribution in [0.4, 0.5) is 5.69 Å². The average Bonchev–Trinajstić information content (AvgIpc) is 3.05. The summed E-state index contributed by atoms with van der Waals surface area (Å²) in [6.45, 7) is 1.68. The Balaban J connectivity index is 1.44. The van der Waals surface area contributed by atoms with Gasteiger partial charge in [0.25, 0.3) is 0 Å². The zero-order valence-electron chi connectivity index (χ0n) is 16.1. The van der Waals surface area contributed by atoms with E-state index in [2.05, 4.69) is 10.2 Å². The summed E-state index contributed by atoms with van der Waals surface area (Å²) in [5.41, 5.74) is 1.42. The highest BCUT2D eigenvalue weighted by Crippen LogP contribution is 2.36. The molecule has 2 fully saturated rings.